The van der Waals surface area contributed by atoms with E-state index in [4.69, 9.17) is 5.11 Å². The highest BCUT2D eigenvalue weighted by Gasteiger charge is 2.28. The van der Waals surface area contributed by atoms with Crippen molar-refractivity contribution in [2.24, 2.45) is 0 Å². The highest BCUT2D eigenvalue weighted by molar-refractivity contribution is 5.38. The van der Waals surface area contributed by atoms with Crippen molar-refractivity contribution in [3.8, 4) is 11.8 Å². The Morgan fingerprint density at radius 2 is 2.25 bits per heavy atom. The molecule has 1 atom stereocenters. The Morgan fingerprint density at radius 3 is 2.95 bits per heavy atom. The van der Waals surface area contributed by atoms with Gasteiger partial charge in [0, 0.05) is 13.1 Å². The average molecular weight is 277 g/mol. The lowest BCUT2D eigenvalue weighted by Gasteiger charge is -2.36. The van der Waals surface area contributed by atoms with E-state index in [1.165, 1.54) is 6.07 Å². The van der Waals surface area contributed by atoms with Crippen LogP contribution in [-0.4, -0.2) is 40.4 Å². The van der Waals surface area contributed by atoms with Crippen LogP contribution in [0.4, 0.5) is 4.39 Å². The van der Waals surface area contributed by atoms with Gasteiger partial charge in [-0.3, -0.25) is 4.90 Å². The van der Waals surface area contributed by atoms with Crippen molar-refractivity contribution < 1.29 is 14.6 Å². The molecule has 4 heteroatoms. The summed E-state index contributed by atoms with van der Waals surface area (Å²) < 4.78 is 13.6. The van der Waals surface area contributed by atoms with E-state index < -0.39 is 5.60 Å². The van der Waals surface area contributed by atoms with E-state index in [1.807, 2.05) is 6.92 Å². The zero-order chi connectivity index (χ0) is 14.6. The number of benzene rings is 1. The number of nitrogens with zero attached hydrogens (tertiary/aromatic N) is 1. The van der Waals surface area contributed by atoms with Crippen molar-refractivity contribution in [1.82, 2.24) is 4.90 Å². The van der Waals surface area contributed by atoms with Crippen molar-refractivity contribution in [2.45, 2.75) is 31.9 Å². The van der Waals surface area contributed by atoms with Crippen LogP contribution in [0, 0.1) is 17.7 Å². The summed E-state index contributed by atoms with van der Waals surface area (Å²) in [6, 6.07) is 4.85. The zero-order valence-electron chi connectivity index (χ0n) is 11.7. The van der Waals surface area contributed by atoms with Gasteiger partial charge in [-0.05, 0) is 44.0 Å². The number of rotatable bonds is 2. The van der Waals surface area contributed by atoms with Gasteiger partial charge in [0.1, 0.15) is 12.4 Å². The molecule has 2 N–H and O–H groups in total. The average Bonchev–Trinajstić information content (AvgIpc) is 2.38. The zero-order valence-corrected chi connectivity index (χ0v) is 11.7. The summed E-state index contributed by atoms with van der Waals surface area (Å²) in [5.74, 6) is 4.70. The number of halogens is 1. The number of aliphatic hydroxyl groups is 2. The molecule has 1 fully saturated rings. The summed E-state index contributed by atoms with van der Waals surface area (Å²) in [6.07, 6.45) is 1.78. The van der Waals surface area contributed by atoms with E-state index in [0.29, 0.717) is 18.7 Å². The van der Waals surface area contributed by atoms with Crippen LogP contribution in [0.25, 0.3) is 0 Å². The van der Waals surface area contributed by atoms with Crippen LogP contribution < -0.4 is 0 Å². The van der Waals surface area contributed by atoms with Crippen LogP contribution >= 0.6 is 0 Å². The fourth-order valence-corrected chi connectivity index (χ4v) is 2.62. The molecule has 0 radical (unpaired) electrons. The van der Waals surface area contributed by atoms with Crippen molar-refractivity contribution >= 4 is 0 Å². The number of hydrogen-bond donors (Lipinski definition) is 2. The molecule has 1 heterocycles. The van der Waals surface area contributed by atoms with Gasteiger partial charge in [-0.2, -0.15) is 0 Å². The predicted molar refractivity (Wildman–Crippen MR) is 75.5 cm³/mol. The molecular formula is C16H20FNO2. The van der Waals surface area contributed by atoms with E-state index in [1.54, 1.807) is 12.1 Å². The molecule has 0 spiro atoms. The summed E-state index contributed by atoms with van der Waals surface area (Å²) in [5, 5.41) is 18.8. The van der Waals surface area contributed by atoms with Gasteiger partial charge in [0.2, 0.25) is 0 Å². The smallest absolute Gasteiger partial charge is 0.138 e. The van der Waals surface area contributed by atoms with Crippen LogP contribution in [0.1, 0.15) is 30.9 Å². The maximum absolute atomic E-state index is 13.6. The van der Waals surface area contributed by atoms with Gasteiger partial charge in [-0.1, -0.05) is 17.9 Å². The standard InChI is InChI=1S/C16H20FNO2/c1-16(20)7-3-8-18(12-16)11-13-5-6-15(17)14(10-13)4-2-9-19/h5-6,10,19-20H,3,7-9,11-12H2,1H3. The maximum atomic E-state index is 13.6. The first-order valence-electron chi connectivity index (χ1n) is 6.83. The summed E-state index contributed by atoms with van der Waals surface area (Å²) in [4.78, 5) is 2.17. The summed E-state index contributed by atoms with van der Waals surface area (Å²) in [5.41, 5.74) is 0.629. The molecule has 0 aromatic heterocycles. The van der Waals surface area contributed by atoms with Gasteiger partial charge in [-0.25, -0.2) is 4.39 Å². The molecule has 0 saturated carbocycles. The molecule has 1 aliphatic heterocycles. The maximum Gasteiger partial charge on any atom is 0.138 e. The number of likely N-dealkylation sites (tertiary alicyclic amines) is 1. The molecule has 2 rings (SSSR count). The predicted octanol–water partition coefficient (Wildman–Crippen LogP) is 1.52. The molecule has 0 bridgehead atoms. The van der Waals surface area contributed by atoms with E-state index in [2.05, 4.69) is 16.7 Å². The first kappa shape index (κ1) is 15.0. The van der Waals surface area contributed by atoms with Crippen molar-refractivity contribution in [2.75, 3.05) is 19.7 Å². The minimum Gasteiger partial charge on any atom is -0.389 e. The first-order chi connectivity index (χ1) is 9.50. The summed E-state index contributed by atoms with van der Waals surface area (Å²) >= 11 is 0. The lowest BCUT2D eigenvalue weighted by atomic mass is 9.95. The fraction of sp³-hybridized carbons (Fsp3) is 0.500. The second-order valence-corrected chi connectivity index (χ2v) is 5.59. The molecule has 20 heavy (non-hydrogen) atoms. The van der Waals surface area contributed by atoms with Crippen LogP contribution in [0.3, 0.4) is 0 Å². The molecule has 1 aromatic rings. The van der Waals surface area contributed by atoms with Gasteiger partial charge >= 0.3 is 0 Å². The van der Waals surface area contributed by atoms with Gasteiger partial charge in [0.25, 0.3) is 0 Å². The first-order valence-corrected chi connectivity index (χ1v) is 6.83. The van der Waals surface area contributed by atoms with Crippen LogP contribution in [-0.2, 0) is 6.54 Å². The Kier molecular flexibility index (Phi) is 4.77. The molecule has 1 aromatic carbocycles. The Labute approximate surface area is 119 Å². The lowest BCUT2D eigenvalue weighted by Crippen LogP contribution is -2.45. The third-order valence-electron chi connectivity index (χ3n) is 3.49. The van der Waals surface area contributed by atoms with Gasteiger partial charge < -0.3 is 10.2 Å². The van der Waals surface area contributed by atoms with Crippen molar-refractivity contribution in [1.29, 1.82) is 0 Å². The van der Waals surface area contributed by atoms with E-state index in [0.717, 1.165) is 24.9 Å². The monoisotopic (exact) mass is 277 g/mol. The molecule has 0 amide bonds. The molecular weight excluding hydrogens is 257 g/mol. The van der Waals surface area contributed by atoms with Crippen LogP contribution in [0.15, 0.2) is 18.2 Å². The Bertz CT molecular complexity index is 531. The van der Waals surface area contributed by atoms with Crippen LogP contribution in [0.2, 0.25) is 0 Å². The topological polar surface area (TPSA) is 43.7 Å². The van der Waals surface area contributed by atoms with Crippen molar-refractivity contribution in [3.63, 3.8) is 0 Å². The van der Waals surface area contributed by atoms with E-state index in [-0.39, 0.29) is 12.4 Å². The molecule has 1 aliphatic rings. The van der Waals surface area contributed by atoms with Gasteiger partial charge in [0.05, 0.1) is 11.2 Å². The van der Waals surface area contributed by atoms with E-state index in [9.17, 15) is 9.50 Å². The van der Waals surface area contributed by atoms with Gasteiger partial charge in [0.15, 0.2) is 0 Å². The third kappa shape index (κ3) is 4.04. The largest absolute Gasteiger partial charge is 0.389 e. The molecule has 1 unspecified atom stereocenters. The number of β-amino-alcohol motifs (C(OH)–C–C–N with tert-alkyl or cyclic N) is 1. The molecule has 1 saturated heterocycles. The minimum absolute atomic E-state index is 0.279. The highest BCUT2D eigenvalue weighted by atomic mass is 19.1. The molecule has 3 nitrogen and oxygen atoms in total. The quantitative estimate of drug-likeness (QED) is 0.806. The van der Waals surface area contributed by atoms with Crippen LogP contribution in [0.5, 0.6) is 0 Å². The normalized spacial score (nSPS) is 23.2. The second-order valence-electron chi connectivity index (χ2n) is 5.59. The Balaban J connectivity index is 2.09. The van der Waals surface area contributed by atoms with Crippen molar-refractivity contribution in [3.05, 3.63) is 35.1 Å². The number of piperidine rings is 1. The Hall–Kier alpha value is -1.41. The summed E-state index contributed by atoms with van der Waals surface area (Å²) in [7, 11) is 0. The second kappa shape index (κ2) is 6.36. The van der Waals surface area contributed by atoms with E-state index >= 15 is 0 Å². The lowest BCUT2D eigenvalue weighted by molar-refractivity contribution is -0.0181. The SMILES string of the molecule is CC1(O)CCCN(Cc2ccc(F)c(C#CCO)c2)C1. The summed E-state index contributed by atoms with van der Waals surface area (Å²) in [6.45, 7) is 3.80. The third-order valence-corrected chi connectivity index (χ3v) is 3.49. The highest BCUT2D eigenvalue weighted by Crippen LogP contribution is 2.22. The van der Waals surface area contributed by atoms with Gasteiger partial charge in [-0.15, -0.1) is 0 Å². The molecule has 108 valence electrons. The molecule has 0 aliphatic carbocycles. The minimum atomic E-state index is -0.641. The number of hydrogen-bond acceptors (Lipinski definition) is 3. The fourth-order valence-electron chi connectivity index (χ4n) is 2.62. The Morgan fingerprint density at radius 1 is 1.45 bits per heavy atom. The number of aliphatic hydroxyl groups excluding tert-OH is 1.